The van der Waals surface area contributed by atoms with Crippen LogP contribution in [0.25, 0.3) is 15.9 Å². The second kappa shape index (κ2) is 11.6. The quantitative estimate of drug-likeness (QED) is 0.197. The summed E-state index contributed by atoms with van der Waals surface area (Å²) >= 11 is 12.3. The Labute approximate surface area is 240 Å². The number of halogens is 2. The molecule has 8 nitrogen and oxygen atoms in total. The van der Waals surface area contributed by atoms with E-state index in [1.165, 1.54) is 23.1 Å². The maximum Gasteiger partial charge on any atom is 0.253 e. The maximum atomic E-state index is 12.8. The smallest absolute Gasteiger partial charge is 0.253 e. The molecule has 0 saturated heterocycles. The molecule has 0 spiro atoms. The fourth-order valence-electron chi connectivity index (χ4n) is 3.67. The first kappa shape index (κ1) is 26.4. The molecule has 0 aliphatic carbocycles. The molecule has 2 N–H and O–H groups in total. The zero-order valence-corrected chi connectivity index (χ0v) is 23.9. The van der Waals surface area contributed by atoms with Gasteiger partial charge in [-0.15, -0.1) is 10.2 Å². The van der Waals surface area contributed by atoms with Gasteiger partial charge in [0.05, 0.1) is 33.1 Å². The van der Waals surface area contributed by atoms with E-state index in [-0.39, 0.29) is 24.1 Å². The minimum absolute atomic E-state index is 0.111. The van der Waals surface area contributed by atoms with Gasteiger partial charge in [0.2, 0.25) is 5.91 Å². The van der Waals surface area contributed by atoms with Crippen molar-refractivity contribution in [2.24, 2.45) is 0 Å². The minimum atomic E-state index is -0.334. The summed E-state index contributed by atoms with van der Waals surface area (Å²) < 4.78 is 3.59. The molecule has 0 fully saturated rings. The Bertz CT molecular complexity index is 1620. The monoisotopic (exact) mass is 626 g/mol. The fraction of sp³-hybridized carbons (Fsp3) is 0.115. The first-order valence-electron chi connectivity index (χ1n) is 11.4. The van der Waals surface area contributed by atoms with E-state index in [0.717, 1.165) is 25.9 Å². The van der Waals surface area contributed by atoms with Crippen molar-refractivity contribution in [1.29, 1.82) is 0 Å². The van der Waals surface area contributed by atoms with Gasteiger partial charge < -0.3 is 10.6 Å². The molecule has 0 aliphatic rings. The summed E-state index contributed by atoms with van der Waals surface area (Å²) in [7, 11) is 0. The molecular weight excluding hydrogens is 608 g/mol. The zero-order chi connectivity index (χ0) is 26.6. The molecule has 0 unspecified atom stereocenters. The first-order valence-corrected chi connectivity index (χ1v) is 14.4. The molecule has 2 heterocycles. The summed E-state index contributed by atoms with van der Waals surface area (Å²) in [6, 6.07) is 20.7. The molecular formula is C26H20BrClN6O2S2. The average molecular weight is 628 g/mol. The highest BCUT2D eigenvalue weighted by atomic mass is 79.9. The van der Waals surface area contributed by atoms with Crippen molar-refractivity contribution in [3.8, 4) is 5.69 Å². The largest absolute Gasteiger partial charge is 0.345 e. The number of amides is 2. The molecule has 38 heavy (non-hydrogen) atoms. The number of anilines is 1. The molecule has 0 atom stereocenters. The number of rotatable bonds is 8. The second-order valence-electron chi connectivity index (χ2n) is 8.20. The third-order valence-electron chi connectivity index (χ3n) is 5.41. The zero-order valence-electron chi connectivity index (χ0n) is 19.9. The lowest BCUT2D eigenvalue weighted by Crippen LogP contribution is -2.25. The minimum Gasteiger partial charge on any atom is -0.345 e. The Kier molecular flexibility index (Phi) is 8.08. The summed E-state index contributed by atoms with van der Waals surface area (Å²) in [5, 5.41) is 15.8. The number of aromatic nitrogens is 4. The van der Waals surface area contributed by atoms with Gasteiger partial charge in [-0.1, -0.05) is 74.9 Å². The predicted molar refractivity (Wildman–Crippen MR) is 155 cm³/mol. The van der Waals surface area contributed by atoms with Crippen molar-refractivity contribution in [2.75, 3.05) is 11.1 Å². The SMILES string of the molecule is Cc1cccc(-n2c(CNC(=O)c3cc(Br)ccc3Cl)nnc2SCC(=O)Nc2nc3ccccc3s2)c1. The number of para-hydroxylation sites is 1. The number of nitrogens with one attached hydrogen (secondary N) is 2. The summed E-state index contributed by atoms with van der Waals surface area (Å²) in [6.45, 7) is 2.10. The summed E-state index contributed by atoms with van der Waals surface area (Å²) in [5.41, 5.74) is 3.07. The van der Waals surface area contributed by atoms with Crippen molar-refractivity contribution >= 4 is 77.8 Å². The van der Waals surface area contributed by atoms with Crippen molar-refractivity contribution < 1.29 is 9.59 Å². The molecule has 3 aromatic carbocycles. The molecule has 192 valence electrons. The number of thioether (sulfide) groups is 1. The molecule has 0 radical (unpaired) electrons. The van der Waals surface area contributed by atoms with Gasteiger partial charge in [-0.25, -0.2) is 4.98 Å². The van der Waals surface area contributed by atoms with Crippen LogP contribution in [-0.2, 0) is 11.3 Å². The summed E-state index contributed by atoms with van der Waals surface area (Å²) in [6.07, 6.45) is 0. The third kappa shape index (κ3) is 6.07. The highest BCUT2D eigenvalue weighted by molar-refractivity contribution is 9.10. The van der Waals surface area contributed by atoms with Crippen LogP contribution in [0.4, 0.5) is 5.13 Å². The standard InChI is InChI=1S/C26H20BrClN6O2S2/c1-15-5-4-6-17(11-15)34-22(13-29-24(36)18-12-16(27)9-10-19(18)28)32-33-26(34)37-14-23(35)31-25-30-20-7-2-3-8-21(20)38-25/h2-12H,13-14H2,1H3,(H,29,36)(H,30,31,35). The Morgan fingerprint density at radius 1 is 1.08 bits per heavy atom. The number of aryl methyl sites for hydroxylation is 1. The Hall–Kier alpha value is -3.25. The van der Waals surface area contributed by atoms with Gasteiger partial charge in [-0.05, 0) is 55.0 Å². The van der Waals surface area contributed by atoms with Crippen molar-refractivity contribution in [3.05, 3.63) is 93.2 Å². The van der Waals surface area contributed by atoms with Crippen LogP contribution in [0.3, 0.4) is 0 Å². The van der Waals surface area contributed by atoms with E-state index in [2.05, 4.69) is 41.7 Å². The topological polar surface area (TPSA) is 102 Å². The molecule has 0 saturated carbocycles. The number of nitrogens with zero attached hydrogens (tertiary/aromatic N) is 4. The summed E-state index contributed by atoms with van der Waals surface area (Å²) in [5.74, 6) is 0.0931. The van der Waals surface area contributed by atoms with Gasteiger partial charge in [-0.3, -0.25) is 14.2 Å². The van der Waals surface area contributed by atoms with E-state index in [0.29, 0.717) is 26.7 Å². The lowest BCUT2D eigenvalue weighted by molar-refractivity contribution is -0.113. The Morgan fingerprint density at radius 2 is 1.92 bits per heavy atom. The van der Waals surface area contributed by atoms with E-state index in [4.69, 9.17) is 11.6 Å². The summed E-state index contributed by atoms with van der Waals surface area (Å²) in [4.78, 5) is 30.0. The van der Waals surface area contributed by atoms with Gasteiger partial charge in [-0.2, -0.15) is 0 Å². The number of thiazole rings is 1. The second-order valence-corrected chi connectivity index (χ2v) is 11.5. The number of fused-ring (bicyclic) bond motifs is 1. The van der Waals surface area contributed by atoms with Crippen molar-refractivity contribution in [1.82, 2.24) is 25.1 Å². The van der Waals surface area contributed by atoms with Crippen LogP contribution in [0.1, 0.15) is 21.7 Å². The lowest BCUT2D eigenvalue weighted by atomic mass is 10.2. The highest BCUT2D eigenvalue weighted by Gasteiger charge is 2.18. The number of hydrogen-bond donors (Lipinski definition) is 2. The lowest BCUT2D eigenvalue weighted by Gasteiger charge is -2.12. The van der Waals surface area contributed by atoms with Crippen molar-refractivity contribution in [3.63, 3.8) is 0 Å². The van der Waals surface area contributed by atoms with Crippen LogP contribution < -0.4 is 10.6 Å². The van der Waals surface area contributed by atoms with Gasteiger partial charge in [0.15, 0.2) is 16.1 Å². The van der Waals surface area contributed by atoms with E-state index < -0.39 is 0 Å². The van der Waals surface area contributed by atoms with Crippen LogP contribution in [0.2, 0.25) is 5.02 Å². The van der Waals surface area contributed by atoms with E-state index >= 15 is 0 Å². The van der Waals surface area contributed by atoms with Crippen LogP contribution in [0.5, 0.6) is 0 Å². The highest BCUT2D eigenvalue weighted by Crippen LogP contribution is 2.27. The fourth-order valence-corrected chi connectivity index (χ4v) is 5.89. The molecule has 0 aliphatic heterocycles. The van der Waals surface area contributed by atoms with E-state index in [9.17, 15) is 9.59 Å². The molecule has 2 aromatic heterocycles. The van der Waals surface area contributed by atoms with Gasteiger partial charge >= 0.3 is 0 Å². The number of carbonyl (C=O) groups excluding carboxylic acids is 2. The average Bonchev–Trinajstić information content (AvgIpc) is 3.50. The first-order chi connectivity index (χ1) is 18.4. The molecule has 12 heteroatoms. The van der Waals surface area contributed by atoms with Crippen molar-refractivity contribution in [2.45, 2.75) is 18.6 Å². The molecule has 2 amide bonds. The van der Waals surface area contributed by atoms with Crippen LogP contribution in [-0.4, -0.2) is 37.3 Å². The maximum absolute atomic E-state index is 12.8. The van der Waals surface area contributed by atoms with E-state index in [1.807, 2.05) is 60.0 Å². The van der Waals surface area contributed by atoms with Gasteiger partial charge in [0.25, 0.3) is 5.91 Å². The predicted octanol–water partition coefficient (Wildman–Crippen LogP) is 6.26. The number of hydrogen-bond acceptors (Lipinski definition) is 7. The molecule has 5 rings (SSSR count). The van der Waals surface area contributed by atoms with Gasteiger partial charge in [0, 0.05) is 10.2 Å². The van der Waals surface area contributed by atoms with E-state index in [1.54, 1.807) is 18.2 Å². The molecule has 5 aromatic rings. The van der Waals surface area contributed by atoms with Crippen LogP contribution in [0, 0.1) is 6.92 Å². The van der Waals surface area contributed by atoms with Crippen LogP contribution >= 0.6 is 50.6 Å². The number of benzene rings is 3. The van der Waals surface area contributed by atoms with Gasteiger partial charge in [0.1, 0.15) is 0 Å². The number of carbonyl (C=O) groups is 2. The molecule has 0 bridgehead atoms. The normalized spacial score (nSPS) is 11.0. The third-order valence-corrected chi connectivity index (χ3v) is 8.12. The Balaban J connectivity index is 1.33. The Morgan fingerprint density at radius 3 is 2.74 bits per heavy atom. The van der Waals surface area contributed by atoms with Crippen LogP contribution in [0.15, 0.2) is 76.4 Å².